The summed E-state index contributed by atoms with van der Waals surface area (Å²) in [4.78, 5) is 24.1. The number of nitrogens with zero attached hydrogens (tertiary/aromatic N) is 5. The Morgan fingerprint density at radius 3 is 2.53 bits per heavy atom. The van der Waals surface area contributed by atoms with E-state index in [1.807, 2.05) is 18.2 Å². The minimum Gasteiger partial charge on any atom is -0.465 e. The molecule has 1 aromatic heterocycles. The molecule has 0 saturated heterocycles. The third-order valence-electron chi connectivity index (χ3n) is 6.73. The molecule has 0 aliphatic heterocycles. The summed E-state index contributed by atoms with van der Waals surface area (Å²) in [6.07, 6.45) is 10.9. The second kappa shape index (κ2) is 12.0. The topological polar surface area (TPSA) is 114 Å². The summed E-state index contributed by atoms with van der Waals surface area (Å²) >= 11 is 0. The fourth-order valence-corrected chi connectivity index (χ4v) is 4.78. The van der Waals surface area contributed by atoms with Gasteiger partial charge in [-0.15, -0.1) is 0 Å². The number of rotatable bonds is 9. The van der Waals surface area contributed by atoms with E-state index in [4.69, 9.17) is 0 Å². The van der Waals surface area contributed by atoms with E-state index in [1.165, 1.54) is 17.3 Å². The highest BCUT2D eigenvalue weighted by atomic mass is 16.4. The van der Waals surface area contributed by atoms with E-state index in [2.05, 4.69) is 47.1 Å². The average Bonchev–Trinajstić information content (AvgIpc) is 2.85. The van der Waals surface area contributed by atoms with Gasteiger partial charge in [0.15, 0.2) is 5.82 Å². The molecule has 2 unspecified atom stereocenters. The molecule has 0 spiro atoms. The number of nitriles is 1. The van der Waals surface area contributed by atoms with Gasteiger partial charge in [-0.3, -0.25) is 9.88 Å². The van der Waals surface area contributed by atoms with Crippen LogP contribution >= 0.6 is 0 Å². The van der Waals surface area contributed by atoms with E-state index in [1.54, 1.807) is 13.8 Å². The molecule has 1 aliphatic carbocycles. The van der Waals surface area contributed by atoms with Crippen molar-refractivity contribution < 1.29 is 15.0 Å². The van der Waals surface area contributed by atoms with Crippen molar-refractivity contribution in [1.29, 1.82) is 5.26 Å². The second-order valence-electron chi connectivity index (χ2n) is 10.2. The lowest BCUT2D eigenvalue weighted by molar-refractivity contribution is 0.0734. The number of allylic oxidation sites excluding steroid dienone is 1. The zero-order valence-corrected chi connectivity index (χ0v) is 21.7. The summed E-state index contributed by atoms with van der Waals surface area (Å²) < 4.78 is 0. The molecule has 1 fully saturated rings. The Labute approximate surface area is 213 Å². The normalized spacial score (nSPS) is 18.1. The van der Waals surface area contributed by atoms with Crippen LogP contribution in [-0.2, 0) is 5.60 Å². The zero-order chi connectivity index (χ0) is 26.3. The number of aliphatic hydroxyl groups is 1. The van der Waals surface area contributed by atoms with Crippen LogP contribution < -0.4 is 9.80 Å². The van der Waals surface area contributed by atoms with Gasteiger partial charge in [-0.05, 0) is 76.0 Å². The summed E-state index contributed by atoms with van der Waals surface area (Å²) in [6.45, 7) is 8.56. The second-order valence-corrected chi connectivity index (χ2v) is 10.2. The lowest BCUT2D eigenvalue weighted by Crippen LogP contribution is -2.38. The fourth-order valence-electron chi connectivity index (χ4n) is 4.78. The molecule has 0 bridgehead atoms. The largest absolute Gasteiger partial charge is 0.465 e. The van der Waals surface area contributed by atoms with Gasteiger partial charge in [0.2, 0.25) is 0 Å². The molecule has 3 rings (SSSR count). The number of hydrogen-bond acceptors (Lipinski definition) is 6. The van der Waals surface area contributed by atoms with Crippen molar-refractivity contribution in [1.82, 2.24) is 9.97 Å². The third-order valence-corrected chi connectivity index (χ3v) is 6.73. The van der Waals surface area contributed by atoms with Gasteiger partial charge >= 0.3 is 6.09 Å². The van der Waals surface area contributed by atoms with E-state index in [0.717, 1.165) is 49.9 Å². The minimum absolute atomic E-state index is 0.208. The van der Waals surface area contributed by atoms with Crippen molar-refractivity contribution in [3.8, 4) is 6.07 Å². The van der Waals surface area contributed by atoms with Crippen molar-refractivity contribution in [2.24, 2.45) is 11.8 Å². The molecule has 8 nitrogen and oxygen atoms in total. The van der Waals surface area contributed by atoms with Crippen LogP contribution in [0.25, 0.3) is 0 Å². The van der Waals surface area contributed by atoms with Crippen LogP contribution in [0.1, 0.15) is 69.7 Å². The van der Waals surface area contributed by atoms with Crippen LogP contribution in [0.4, 0.5) is 16.3 Å². The van der Waals surface area contributed by atoms with Gasteiger partial charge in [-0.25, -0.2) is 9.78 Å². The van der Waals surface area contributed by atoms with Crippen LogP contribution in [0.5, 0.6) is 0 Å². The molecular formula is C28H37N5O3. The Morgan fingerprint density at radius 2 is 1.94 bits per heavy atom. The van der Waals surface area contributed by atoms with Gasteiger partial charge in [-0.1, -0.05) is 25.5 Å². The fraction of sp³-hybridized carbons (Fsp3) is 0.500. The Morgan fingerprint density at radius 1 is 1.22 bits per heavy atom. The number of anilines is 2. The predicted octanol–water partition coefficient (Wildman–Crippen LogP) is 5.61. The van der Waals surface area contributed by atoms with Crippen molar-refractivity contribution in [3.63, 3.8) is 0 Å². The molecule has 1 heterocycles. The quantitative estimate of drug-likeness (QED) is 0.469. The zero-order valence-electron chi connectivity index (χ0n) is 21.7. The Kier molecular flexibility index (Phi) is 9.05. The Balaban J connectivity index is 1.74. The highest BCUT2D eigenvalue weighted by molar-refractivity contribution is 5.84. The van der Waals surface area contributed by atoms with E-state index in [0.29, 0.717) is 23.7 Å². The number of hydrogen-bond donors (Lipinski definition) is 2. The molecule has 8 heteroatoms. The average molecular weight is 492 g/mol. The van der Waals surface area contributed by atoms with Crippen molar-refractivity contribution >= 4 is 17.6 Å². The summed E-state index contributed by atoms with van der Waals surface area (Å²) in [7, 11) is 0. The van der Waals surface area contributed by atoms with Crippen LogP contribution in [0.3, 0.4) is 0 Å². The van der Waals surface area contributed by atoms with E-state index >= 15 is 0 Å². The number of carboxylic acid groups (broad SMARTS) is 1. The first-order valence-electron chi connectivity index (χ1n) is 12.6. The maximum atomic E-state index is 12.1. The van der Waals surface area contributed by atoms with Gasteiger partial charge in [0, 0.05) is 25.0 Å². The first-order chi connectivity index (χ1) is 17.1. The predicted molar refractivity (Wildman–Crippen MR) is 141 cm³/mol. The van der Waals surface area contributed by atoms with E-state index in [9.17, 15) is 20.3 Å². The van der Waals surface area contributed by atoms with Gasteiger partial charge in [0.1, 0.15) is 5.60 Å². The molecule has 1 amide bonds. The molecule has 2 aromatic rings. The highest BCUT2D eigenvalue weighted by Gasteiger charge is 2.29. The lowest BCUT2D eigenvalue weighted by Gasteiger charge is -2.35. The van der Waals surface area contributed by atoms with Gasteiger partial charge < -0.3 is 15.1 Å². The van der Waals surface area contributed by atoms with E-state index in [-0.39, 0.29) is 11.7 Å². The maximum absolute atomic E-state index is 12.1. The lowest BCUT2D eigenvalue weighted by atomic mass is 9.80. The minimum atomic E-state index is -1.14. The van der Waals surface area contributed by atoms with E-state index < -0.39 is 11.7 Å². The van der Waals surface area contributed by atoms with Crippen LogP contribution in [0.2, 0.25) is 0 Å². The summed E-state index contributed by atoms with van der Waals surface area (Å²) in [6, 6.07) is 8.01. The summed E-state index contributed by atoms with van der Waals surface area (Å²) in [5.41, 5.74) is 2.05. The standard InChI is InChI=1S/C28H37N5O3/c1-5-6-12-32(24-14-21(15-29)11-10-20(24)2)18-22-8-7-9-23(13-22)19-33(27(34)35)26-17-30-25(16-31-26)28(3,4)36/h6,10-12,14,16-17,22-23,36H,5,7-9,13,18-19H2,1-4H3,(H,34,35)/b12-6-. The van der Waals surface area contributed by atoms with Crippen LogP contribution in [-0.4, -0.2) is 39.4 Å². The number of aryl methyl sites for hydroxylation is 1. The van der Waals surface area contributed by atoms with Crippen LogP contribution in [0, 0.1) is 30.1 Å². The smallest absolute Gasteiger partial charge is 0.413 e. The molecule has 1 saturated carbocycles. The highest BCUT2D eigenvalue weighted by Crippen LogP contribution is 2.33. The Bertz CT molecular complexity index is 1100. The Hall–Kier alpha value is -3.44. The first kappa shape index (κ1) is 27.2. The molecule has 0 radical (unpaired) electrons. The SMILES string of the molecule is CC/C=C\N(CC1CCCC(CN(C(=O)O)c2cnc(C(C)(C)O)cn2)C1)c1cc(C#N)ccc1C. The number of amides is 1. The number of carbonyl (C=O) groups is 1. The maximum Gasteiger partial charge on any atom is 0.413 e. The molecule has 36 heavy (non-hydrogen) atoms. The van der Waals surface area contributed by atoms with Crippen molar-refractivity contribution in [2.45, 2.75) is 65.4 Å². The molecule has 192 valence electrons. The number of aromatic nitrogens is 2. The monoisotopic (exact) mass is 491 g/mol. The molecule has 2 N–H and O–H groups in total. The van der Waals surface area contributed by atoms with Gasteiger partial charge in [-0.2, -0.15) is 5.26 Å². The van der Waals surface area contributed by atoms with Crippen molar-refractivity contribution in [3.05, 3.63) is 59.7 Å². The molecule has 1 aliphatic rings. The summed E-state index contributed by atoms with van der Waals surface area (Å²) in [5.74, 6) is 0.878. The molecular weight excluding hydrogens is 454 g/mol. The van der Waals surface area contributed by atoms with Crippen molar-refractivity contribution in [2.75, 3.05) is 22.9 Å². The van der Waals surface area contributed by atoms with Gasteiger partial charge in [0.25, 0.3) is 0 Å². The first-order valence-corrected chi connectivity index (χ1v) is 12.6. The molecule has 1 aromatic carbocycles. The third kappa shape index (κ3) is 7.05. The summed E-state index contributed by atoms with van der Waals surface area (Å²) in [5, 5.41) is 29.4. The van der Waals surface area contributed by atoms with Gasteiger partial charge in [0.05, 0.1) is 29.7 Å². The van der Waals surface area contributed by atoms with Crippen LogP contribution in [0.15, 0.2) is 42.9 Å². The molecule has 2 atom stereocenters. The number of benzene rings is 1.